The number of likely N-dealkylation sites (N-methyl/N-ethyl adjacent to an activating group) is 1. The summed E-state index contributed by atoms with van der Waals surface area (Å²) in [4.78, 5) is 17.4. The van der Waals surface area contributed by atoms with Gasteiger partial charge in [0.25, 0.3) is 0 Å². The van der Waals surface area contributed by atoms with E-state index in [1.54, 1.807) is 0 Å². The average Bonchev–Trinajstić information content (AvgIpc) is 2.70. The first-order valence-corrected chi connectivity index (χ1v) is 6.38. The molecule has 0 amide bonds. The van der Waals surface area contributed by atoms with Crippen molar-refractivity contribution in [1.29, 1.82) is 0 Å². The molecule has 19 heavy (non-hydrogen) atoms. The smallest absolute Gasteiger partial charge is 0.320 e. The van der Waals surface area contributed by atoms with E-state index in [0.29, 0.717) is 13.0 Å². The summed E-state index contributed by atoms with van der Waals surface area (Å²) in [6.45, 7) is 4.44. The zero-order valence-corrected chi connectivity index (χ0v) is 11.5. The summed E-state index contributed by atoms with van der Waals surface area (Å²) in [5.41, 5.74) is 2.94. The number of imidazole rings is 1. The topological polar surface area (TPSA) is 57.8 Å². The molecule has 5 nitrogen and oxygen atoms in total. The molecule has 102 valence electrons. The molecule has 2 aromatic rings. The Bertz CT molecular complexity index is 591. The minimum absolute atomic E-state index is 0.466. The molecule has 0 saturated heterocycles. The molecule has 0 saturated carbocycles. The summed E-state index contributed by atoms with van der Waals surface area (Å²) < 4.78 is 1.97. The van der Waals surface area contributed by atoms with Crippen molar-refractivity contribution < 1.29 is 9.90 Å². The lowest BCUT2D eigenvalue weighted by Crippen LogP contribution is -2.37. The largest absolute Gasteiger partial charge is 0.480 e. The van der Waals surface area contributed by atoms with Gasteiger partial charge in [-0.1, -0.05) is 13.0 Å². The SMILES string of the molecule is CCC(C(=O)O)N(C)Cc1cn2cc(C)ccc2n1. The maximum atomic E-state index is 11.1. The van der Waals surface area contributed by atoms with E-state index in [-0.39, 0.29) is 0 Å². The Hall–Kier alpha value is -1.88. The third-order valence-corrected chi connectivity index (χ3v) is 3.26. The minimum atomic E-state index is -0.787. The van der Waals surface area contributed by atoms with Crippen molar-refractivity contribution in [2.45, 2.75) is 32.9 Å². The lowest BCUT2D eigenvalue weighted by molar-refractivity contribution is -0.143. The highest BCUT2D eigenvalue weighted by molar-refractivity contribution is 5.73. The molecule has 0 aromatic carbocycles. The van der Waals surface area contributed by atoms with Gasteiger partial charge in [0, 0.05) is 18.9 Å². The number of hydrogen-bond donors (Lipinski definition) is 1. The van der Waals surface area contributed by atoms with Crippen molar-refractivity contribution in [1.82, 2.24) is 14.3 Å². The Labute approximate surface area is 112 Å². The fraction of sp³-hybridized carbons (Fsp3) is 0.429. The molecule has 0 spiro atoms. The van der Waals surface area contributed by atoms with Gasteiger partial charge in [-0.3, -0.25) is 9.69 Å². The molecule has 0 bridgehead atoms. The monoisotopic (exact) mass is 261 g/mol. The summed E-state index contributed by atoms with van der Waals surface area (Å²) in [5, 5.41) is 9.13. The standard InChI is InChI=1S/C14H19N3O2/c1-4-12(14(18)19)16(3)8-11-9-17-7-10(2)5-6-13(17)15-11/h5-7,9,12H,4,8H2,1-3H3,(H,18,19). The van der Waals surface area contributed by atoms with E-state index in [0.717, 1.165) is 11.3 Å². The minimum Gasteiger partial charge on any atom is -0.480 e. The van der Waals surface area contributed by atoms with Gasteiger partial charge in [0.05, 0.1) is 5.69 Å². The van der Waals surface area contributed by atoms with Gasteiger partial charge in [-0.2, -0.15) is 0 Å². The molecule has 0 aliphatic carbocycles. The van der Waals surface area contributed by atoms with E-state index in [4.69, 9.17) is 5.11 Å². The van der Waals surface area contributed by atoms with Gasteiger partial charge in [-0.15, -0.1) is 0 Å². The van der Waals surface area contributed by atoms with Crippen molar-refractivity contribution in [2.24, 2.45) is 0 Å². The summed E-state index contributed by atoms with van der Waals surface area (Å²) in [6.07, 6.45) is 4.55. The number of aliphatic carboxylic acids is 1. The van der Waals surface area contributed by atoms with Crippen molar-refractivity contribution in [3.63, 3.8) is 0 Å². The van der Waals surface area contributed by atoms with Crippen LogP contribution in [0.4, 0.5) is 0 Å². The zero-order valence-electron chi connectivity index (χ0n) is 11.5. The van der Waals surface area contributed by atoms with Gasteiger partial charge < -0.3 is 9.51 Å². The van der Waals surface area contributed by atoms with Gasteiger partial charge in [-0.05, 0) is 32.0 Å². The van der Waals surface area contributed by atoms with Crippen molar-refractivity contribution in [3.05, 3.63) is 35.8 Å². The molecule has 1 N–H and O–H groups in total. The Kier molecular flexibility index (Phi) is 3.85. The van der Waals surface area contributed by atoms with Crippen LogP contribution in [0.5, 0.6) is 0 Å². The number of carboxylic acid groups (broad SMARTS) is 1. The maximum Gasteiger partial charge on any atom is 0.320 e. The van der Waals surface area contributed by atoms with Crippen LogP contribution < -0.4 is 0 Å². The van der Waals surface area contributed by atoms with Crippen LogP contribution in [0.3, 0.4) is 0 Å². The number of pyridine rings is 1. The Balaban J connectivity index is 2.19. The number of hydrogen-bond acceptors (Lipinski definition) is 3. The number of rotatable bonds is 5. The second kappa shape index (κ2) is 5.40. The predicted octanol–water partition coefficient (Wildman–Crippen LogP) is 1.94. The quantitative estimate of drug-likeness (QED) is 0.893. The van der Waals surface area contributed by atoms with Gasteiger partial charge in [0.1, 0.15) is 11.7 Å². The van der Waals surface area contributed by atoms with E-state index in [1.807, 2.05) is 54.7 Å². The molecule has 1 unspecified atom stereocenters. The van der Waals surface area contributed by atoms with Gasteiger partial charge in [-0.25, -0.2) is 4.98 Å². The molecule has 0 aliphatic rings. The summed E-state index contributed by atoms with van der Waals surface area (Å²) in [5.74, 6) is -0.787. The summed E-state index contributed by atoms with van der Waals surface area (Å²) in [7, 11) is 1.82. The first-order valence-electron chi connectivity index (χ1n) is 6.38. The number of aromatic nitrogens is 2. The van der Waals surface area contributed by atoms with E-state index < -0.39 is 12.0 Å². The number of aryl methyl sites for hydroxylation is 1. The van der Waals surface area contributed by atoms with Gasteiger partial charge in [0.2, 0.25) is 0 Å². The van der Waals surface area contributed by atoms with Gasteiger partial charge >= 0.3 is 5.97 Å². The van der Waals surface area contributed by atoms with E-state index in [9.17, 15) is 4.79 Å². The van der Waals surface area contributed by atoms with Crippen LogP contribution in [-0.2, 0) is 11.3 Å². The maximum absolute atomic E-state index is 11.1. The molecule has 2 aromatic heterocycles. The number of fused-ring (bicyclic) bond motifs is 1. The fourth-order valence-corrected chi connectivity index (χ4v) is 2.27. The normalized spacial score (nSPS) is 13.1. The molecule has 5 heteroatoms. The van der Waals surface area contributed by atoms with E-state index in [1.165, 1.54) is 5.56 Å². The average molecular weight is 261 g/mol. The highest BCUT2D eigenvalue weighted by atomic mass is 16.4. The van der Waals surface area contributed by atoms with E-state index in [2.05, 4.69) is 4.98 Å². The molecular formula is C14H19N3O2. The number of carbonyl (C=O) groups is 1. The molecule has 0 aliphatic heterocycles. The molecular weight excluding hydrogens is 242 g/mol. The van der Waals surface area contributed by atoms with Crippen LogP contribution in [-0.4, -0.2) is 38.4 Å². The van der Waals surface area contributed by atoms with Crippen molar-refractivity contribution in [3.8, 4) is 0 Å². The molecule has 2 rings (SSSR count). The van der Waals surface area contributed by atoms with Crippen LogP contribution in [0.2, 0.25) is 0 Å². The zero-order chi connectivity index (χ0) is 14.0. The Morgan fingerprint density at radius 1 is 1.47 bits per heavy atom. The summed E-state index contributed by atoms with van der Waals surface area (Å²) >= 11 is 0. The number of carboxylic acids is 1. The van der Waals surface area contributed by atoms with Gasteiger partial charge in [0.15, 0.2) is 0 Å². The first kappa shape index (κ1) is 13.5. The lowest BCUT2D eigenvalue weighted by Gasteiger charge is -2.22. The van der Waals surface area contributed by atoms with Crippen LogP contribution in [0.25, 0.3) is 5.65 Å². The van der Waals surface area contributed by atoms with E-state index >= 15 is 0 Å². The Morgan fingerprint density at radius 2 is 2.21 bits per heavy atom. The summed E-state index contributed by atoms with van der Waals surface area (Å²) in [6, 6.07) is 3.52. The Morgan fingerprint density at radius 3 is 2.84 bits per heavy atom. The lowest BCUT2D eigenvalue weighted by atomic mass is 10.2. The molecule has 0 fully saturated rings. The second-order valence-electron chi connectivity index (χ2n) is 4.88. The number of nitrogens with zero attached hydrogens (tertiary/aromatic N) is 3. The van der Waals surface area contributed by atoms with Crippen LogP contribution in [0.15, 0.2) is 24.5 Å². The molecule has 2 heterocycles. The fourth-order valence-electron chi connectivity index (χ4n) is 2.27. The molecule has 0 radical (unpaired) electrons. The van der Waals surface area contributed by atoms with Crippen molar-refractivity contribution in [2.75, 3.05) is 7.05 Å². The third-order valence-electron chi connectivity index (χ3n) is 3.26. The highest BCUT2D eigenvalue weighted by Gasteiger charge is 2.21. The van der Waals surface area contributed by atoms with Crippen LogP contribution in [0, 0.1) is 6.92 Å². The predicted molar refractivity (Wildman–Crippen MR) is 73.1 cm³/mol. The third kappa shape index (κ3) is 2.93. The highest BCUT2D eigenvalue weighted by Crippen LogP contribution is 2.11. The molecule has 1 atom stereocenters. The second-order valence-corrected chi connectivity index (χ2v) is 4.88. The van der Waals surface area contributed by atoms with Crippen LogP contribution in [0.1, 0.15) is 24.6 Å². The van der Waals surface area contributed by atoms with Crippen LogP contribution >= 0.6 is 0 Å². The first-order chi connectivity index (χ1) is 9.01. The van der Waals surface area contributed by atoms with Crippen molar-refractivity contribution >= 4 is 11.6 Å².